The molecular weight excluding hydrogens is 262 g/mol. The summed E-state index contributed by atoms with van der Waals surface area (Å²) in [6.45, 7) is 0. The van der Waals surface area contributed by atoms with Gasteiger partial charge in [0.15, 0.2) is 0 Å². The van der Waals surface area contributed by atoms with Gasteiger partial charge >= 0.3 is 0 Å². The molecule has 0 spiro atoms. The predicted molar refractivity (Wildman–Crippen MR) is 74.5 cm³/mol. The van der Waals surface area contributed by atoms with E-state index in [0.717, 1.165) is 17.0 Å². The number of pyridine rings is 1. The van der Waals surface area contributed by atoms with Crippen molar-refractivity contribution in [1.29, 1.82) is 0 Å². The minimum absolute atomic E-state index is 0.193. The molecule has 1 amide bonds. The molecule has 0 fully saturated rings. The zero-order chi connectivity index (χ0) is 14.4. The van der Waals surface area contributed by atoms with E-state index in [0.29, 0.717) is 12.2 Å². The van der Waals surface area contributed by atoms with Gasteiger partial charge in [-0.3, -0.25) is 4.79 Å². The van der Waals surface area contributed by atoms with Gasteiger partial charge in [0.25, 0.3) is 6.08 Å². The molecule has 0 atom stereocenters. The van der Waals surface area contributed by atoms with Crippen molar-refractivity contribution in [2.24, 2.45) is 0 Å². The van der Waals surface area contributed by atoms with Crippen LogP contribution in [0.25, 0.3) is 10.9 Å². The van der Waals surface area contributed by atoms with E-state index in [9.17, 15) is 13.6 Å². The lowest BCUT2D eigenvalue weighted by Gasteiger charge is -2.05. The number of para-hydroxylation sites is 1. The number of carbonyl (C=O) groups is 1. The highest BCUT2D eigenvalue weighted by Crippen LogP contribution is 2.15. The van der Waals surface area contributed by atoms with Gasteiger partial charge in [-0.25, -0.2) is 4.98 Å². The molecule has 1 N–H and O–H groups in total. The minimum atomic E-state index is -1.71. The first-order chi connectivity index (χ1) is 9.65. The first-order valence-corrected chi connectivity index (χ1v) is 6.32. The number of allylic oxidation sites excluding steroid dienone is 1. The van der Waals surface area contributed by atoms with Crippen LogP contribution >= 0.6 is 0 Å². The number of amides is 1. The molecule has 0 bridgehead atoms. The highest BCUT2D eigenvalue weighted by Gasteiger charge is 2.04. The normalized spacial score (nSPS) is 10.3. The molecule has 20 heavy (non-hydrogen) atoms. The summed E-state index contributed by atoms with van der Waals surface area (Å²) in [7, 11) is 0. The summed E-state index contributed by atoms with van der Waals surface area (Å²) in [5.41, 5.74) is 0.799. The Labute approximate surface area is 115 Å². The number of hydrogen-bond donors (Lipinski definition) is 1. The van der Waals surface area contributed by atoms with Crippen molar-refractivity contribution in [3.63, 3.8) is 0 Å². The Morgan fingerprint density at radius 1 is 1.20 bits per heavy atom. The largest absolute Gasteiger partial charge is 0.311 e. The highest BCUT2D eigenvalue weighted by atomic mass is 19.3. The third kappa shape index (κ3) is 4.12. The van der Waals surface area contributed by atoms with E-state index in [1.54, 1.807) is 6.07 Å². The van der Waals surface area contributed by atoms with E-state index < -0.39 is 6.08 Å². The van der Waals surface area contributed by atoms with Crippen LogP contribution in [0.2, 0.25) is 0 Å². The lowest BCUT2D eigenvalue weighted by molar-refractivity contribution is -0.116. The average molecular weight is 276 g/mol. The summed E-state index contributed by atoms with van der Waals surface area (Å²) in [5.74, 6) is 0.251. The quantitative estimate of drug-likeness (QED) is 0.834. The van der Waals surface area contributed by atoms with E-state index in [1.807, 2.05) is 30.3 Å². The lowest BCUT2D eigenvalue weighted by atomic mass is 10.2. The van der Waals surface area contributed by atoms with Gasteiger partial charge in [-0.15, -0.1) is 0 Å². The van der Waals surface area contributed by atoms with Crippen LogP contribution in [0, 0.1) is 0 Å². The zero-order valence-corrected chi connectivity index (χ0v) is 10.8. The molecule has 2 aromatic rings. The molecule has 0 aliphatic carbocycles. The van der Waals surface area contributed by atoms with Crippen LogP contribution in [0.5, 0.6) is 0 Å². The topological polar surface area (TPSA) is 42.0 Å². The molecule has 1 aromatic carbocycles. The van der Waals surface area contributed by atoms with E-state index in [4.69, 9.17) is 0 Å². The Bertz CT molecular complexity index is 637. The Hall–Kier alpha value is -2.30. The number of nitrogens with zero attached hydrogens (tertiary/aromatic N) is 1. The van der Waals surface area contributed by atoms with Crippen LogP contribution in [0.1, 0.15) is 19.3 Å². The zero-order valence-electron chi connectivity index (χ0n) is 10.8. The molecule has 104 valence electrons. The second kappa shape index (κ2) is 6.75. The Morgan fingerprint density at radius 2 is 2.00 bits per heavy atom. The van der Waals surface area contributed by atoms with Crippen molar-refractivity contribution < 1.29 is 13.6 Å². The number of hydrogen-bond acceptors (Lipinski definition) is 2. The van der Waals surface area contributed by atoms with Crippen LogP contribution < -0.4 is 5.32 Å². The molecule has 0 unspecified atom stereocenters. The van der Waals surface area contributed by atoms with Gasteiger partial charge in [-0.05, 0) is 37.1 Å². The molecule has 0 saturated carbocycles. The first-order valence-electron chi connectivity index (χ1n) is 6.32. The molecule has 3 nitrogen and oxygen atoms in total. The second-order valence-electron chi connectivity index (χ2n) is 4.32. The van der Waals surface area contributed by atoms with Crippen LogP contribution in [0.3, 0.4) is 0 Å². The second-order valence-corrected chi connectivity index (χ2v) is 4.32. The number of unbranched alkanes of at least 4 members (excludes halogenated alkanes) is 1. The molecule has 0 saturated heterocycles. The number of aromatic nitrogens is 1. The summed E-state index contributed by atoms with van der Waals surface area (Å²) in [6, 6.07) is 11.2. The van der Waals surface area contributed by atoms with Crippen molar-refractivity contribution in [2.75, 3.05) is 5.32 Å². The maximum atomic E-state index is 11.8. The van der Waals surface area contributed by atoms with Crippen molar-refractivity contribution in [2.45, 2.75) is 19.3 Å². The van der Waals surface area contributed by atoms with Gasteiger partial charge in [0.2, 0.25) is 5.91 Å². The molecule has 2 rings (SSSR count). The van der Waals surface area contributed by atoms with Crippen molar-refractivity contribution in [3.8, 4) is 0 Å². The highest BCUT2D eigenvalue weighted by molar-refractivity contribution is 5.91. The average Bonchev–Trinajstić information content (AvgIpc) is 2.43. The molecular formula is C15H14F2N2O. The molecule has 0 radical (unpaired) electrons. The number of rotatable bonds is 5. The van der Waals surface area contributed by atoms with Gasteiger partial charge in [0.1, 0.15) is 5.82 Å². The van der Waals surface area contributed by atoms with E-state index >= 15 is 0 Å². The smallest absolute Gasteiger partial charge is 0.266 e. The monoisotopic (exact) mass is 276 g/mol. The SMILES string of the molecule is O=C(CCCC=C(F)F)Nc1ccc2ccccc2n1. The molecule has 5 heteroatoms. The number of benzene rings is 1. The Kier molecular flexibility index (Phi) is 4.76. The Morgan fingerprint density at radius 3 is 2.80 bits per heavy atom. The third-order valence-electron chi connectivity index (χ3n) is 2.77. The van der Waals surface area contributed by atoms with Gasteiger partial charge < -0.3 is 5.32 Å². The summed E-state index contributed by atoms with van der Waals surface area (Å²) in [5, 5.41) is 3.66. The molecule has 0 aliphatic rings. The fourth-order valence-electron chi connectivity index (χ4n) is 1.81. The molecule has 1 aromatic heterocycles. The van der Waals surface area contributed by atoms with Crippen LogP contribution in [-0.4, -0.2) is 10.9 Å². The van der Waals surface area contributed by atoms with Gasteiger partial charge in [0.05, 0.1) is 5.52 Å². The van der Waals surface area contributed by atoms with E-state index in [1.165, 1.54) is 0 Å². The summed E-state index contributed by atoms with van der Waals surface area (Å²) < 4.78 is 23.6. The van der Waals surface area contributed by atoms with E-state index in [2.05, 4.69) is 10.3 Å². The first kappa shape index (κ1) is 14.1. The van der Waals surface area contributed by atoms with Crippen molar-refractivity contribution in [3.05, 3.63) is 48.6 Å². The summed E-state index contributed by atoms with van der Waals surface area (Å²) in [6.07, 6.45) is -0.112. The van der Waals surface area contributed by atoms with Crippen LogP contribution in [0.4, 0.5) is 14.6 Å². The van der Waals surface area contributed by atoms with Crippen molar-refractivity contribution >= 4 is 22.6 Å². The maximum Gasteiger partial charge on any atom is 0.266 e. The number of halogens is 2. The molecule has 0 aliphatic heterocycles. The van der Waals surface area contributed by atoms with Gasteiger partial charge in [0, 0.05) is 11.8 Å². The molecule has 1 heterocycles. The summed E-state index contributed by atoms with van der Waals surface area (Å²) >= 11 is 0. The predicted octanol–water partition coefficient (Wildman–Crippen LogP) is 4.12. The number of nitrogens with one attached hydrogen (secondary N) is 1. The maximum absolute atomic E-state index is 11.8. The Balaban J connectivity index is 1.91. The van der Waals surface area contributed by atoms with Crippen molar-refractivity contribution in [1.82, 2.24) is 4.98 Å². The van der Waals surface area contributed by atoms with Crippen LogP contribution in [0.15, 0.2) is 48.6 Å². The number of fused-ring (bicyclic) bond motifs is 1. The number of anilines is 1. The number of carbonyl (C=O) groups excluding carboxylic acids is 1. The van der Waals surface area contributed by atoms with Crippen LogP contribution in [-0.2, 0) is 4.79 Å². The lowest BCUT2D eigenvalue weighted by Crippen LogP contribution is -2.12. The standard InChI is InChI=1S/C15H14F2N2O/c16-13(17)7-3-4-8-15(20)19-14-10-9-11-5-1-2-6-12(11)18-14/h1-2,5-7,9-10H,3-4,8H2,(H,18,19,20). The fourth-order valence-corrected chi connectivity index (χ4v) is 1.81. The van der Waals surface area contributed by atoms with E-state index in [-0.39, 0.29) is 18.7 Å². The third-order valence-corrected chi connectivity index (χ3v) is 2.77. The van der Waals surface area contributed by atoms with Gasteiger partial charge in [-0.2, -0.15) is 8.78 Å². The fraction of sp³-hybridized carbons (Fsp3) is 0.200. The minimum Gasteiger partial charge on any atom is -0.311 e. The van der Waals surface area contributed by atoms with Gasteiger partial charge in [-0.1, -0.05) is 18.2 Å². The summed E-state index contributed by atoms with van der Waals surface area (Å²) in [4.78, 5) is 15.9.